The van der Waals surface area contributed by atoms with Gasteiger partial charge in [-0.05, 0) is 17.3 Å². The van der Waals surface area contributed by atoms with Crippen molar-refractivity contribution >= 4 is 11.3 Å². The molecule has 1 aromatic heterocycles. The van der Waals surface area contributed by atoms with Crippen LogP contribution in [-0.2, 0) is 0 Å². The largest absolute Gasteiger partial charge is 0.573 e. The molecule has 0 fully saturated rings. The summed E-state index contributed by atoms with van der Waals surface area (Å²) in [5, 5.41) is 23.8. The highest BCUT2D eigenvalue weighted by atomic mass is 19.4. The molecule has 22 heavy (non-hydrogen) atoms. The predicted molar refractivity (Wildman–Crippen MR) is 64.5 cm³/mol. The third kappa shape index (κ3) is 3.92. The van der Waals surface area contributed by atoms with Gasteiger partial charge in [0, 0.05) is 12.3 Å². The number of halogens is 4. The molecule has 7 nitrogen and oxygen atoms in total. The van der Waals surface area contributed by atoms with E-state index in [0.717, 1.165) is 18.3 Å². The van der Waals surface area contributed by atoms with E-state index in [4.69, 9.17) is 5.26 Å². The van der Waals surface area contributed by atoms with Crippen molar-refractivity contribution in [3.8, 4) is 11.8 Å². The van der Waals surface area contributed by atoms with E-state index in [1.54, 1.807) is 6.07 Å². The topological polar surface area (TPSA) is 99.5 Å². The highest BCUT2D eigenvalue weighted by molar-refractivity contribution is 5.74. The zero-order valence-electron chi connectivity index (χ0n) is 10.5. The number of H-pyrrole nitrogens is 1. The number of allylic oxidation sites excluding steroid dienone is 1. The van der Waals surface area contributed by atoms with Crippen molar-refractivity contribution in [3.63, 3.8) is 0 Å². The summed E-state index contributed by atoms with van der Waals surface area (Å²) in [4.78, 5) is 0. The lowest BCUT2D eigenvalue weighted by atomic mass is 10.2. The zero-order valence-corrected chi connectivity index (χ0v) is 10.5. The number of aromatic amines is 1. The van der Waals surface area contributed by atoms with Gasteiger partial charge in [-0.25, -0.2) is 4.39 Å². The lowest BCUT2D eigenvalue weighted by molar-refractivity contribution is -0.274. The molecule has 0 saturated heterocycles. The number of tetrazole rings is 1. The van der Waals surface area contributed by atoms with Crippen LogP contribution in [0, 0.1) is 17.1 Å². The number of benzene rings is 1. The quantitative estimate of drug-likeness (QED) is 0.663. The normalized spacial score (nSPS) is 11.9. The predicted octanol–water partition coefficient (Wildman–Crippen LogP) is 2.21. The van der Waals surface area contributed by atoms with Crippen molar-refractivity contribution in [2.45, 2.75) is 6.36 Å². The van der Waals surface area contributed by atoms with Crippen molar-refractivity contribution < 1.29 is 22.3 Å². The Labute approximate surface area is 120 Å². The van der Waals surface area contributed by atoms with Crippen molar-refractivity contribution in [2.24, 2.45) is 0 Å². The summed E-state index contributed by atoms with van der Waals surface area (Å²) in [5.41, 5.74) is -0.213. The smallest absolute Gasteiger partial charge is 0.406 e. The number of nitrogens with one attached hydrogen (secondary N) is 2. The Morgan fingerprint density at radius 1 is 1.41 bits per heavy atom. The van der Waals surface area contributed by atoms with Crippen molar-refractivity contribution in [1.82, 2.24) is 20.6 Å². The van der Waals surface area contributed by atoms with Crippen LogP contribution in [0.4, 0.5) is 23.2 Å². The molecule has 0 unspecified atom stereocenters. The standard InChI is InChI=1S/C11H6F4N6O/c12-8-3-7(22-11(13,14)15)1-2-9(8)17-5-6(4-16)10-18-20-21-19-10/h1-3,5,17H,(H,18,19,20,21). The monoisotopic (exact) mass is 314 g/mol. The van der Waals surface area contributed by atoms with Gasteiger partial charge >= 0.3 is 6.36 Å². The number of hydrogen-bond donors (Lipinski definition) is 2. The van der Waals surface area contributed by atoms with E-state index < -0.39 is 17.9 Å². The van der Waals surface area contributed by atoms with E-state index >= 15 is 0 Å². The first-order valence-corrected chi connectivity index (χ1v) is 5.55. The van der Waals surface area contributed by atoms with E-state index in [1.807, 2.05) is 0 Å². The van der Waals surface area contributed by atoms with Crippen LogP contribution in [0.25, 0.3) is 5.57 Å². The maximum atomic E-state index is 13.7. The Kier molecular flexibility index (Phi) is 4.21. The summed E-state index contributed by atoms with van der Waals surface area (Å²) in [7, 11) is 0. The van der Waals surface area contributed by atoms with E-state index in [2.05, 4.69) is 30.7 Å². The lowest BCUT2D eigenvalue weighted by Crippen LogP contribution is -2.17. The fourth-order valence-corrected chi connectivity index (χ4v) is 1.38. The first-order valence-electron chi connectivity index (χ1n) is 5.55. The molecule has 1 heterocycles. The highest BCUT2D eigenvalue weighted by Crippen LogP contribution is 2.26. The molecular formula is C11H6F4N6O. The average molecular weight is 314 g/mol. The van der Waals surface area contributed by atoms with Crippen molar-refractivity contribution in [1.29, 1.82) is 5.26 Å². The number of rotatable bonds is 4. The molecule has 2 N–H and O–H groups in total. The van der Waals surface area contributed by atoms with Crippen LogP contribution in [0.15, 0.2) is 24.4 Å². The van der Waals surface area contributed by atoms with Crippen LogP contribution in [0.5, 0.6) is 5.75 Å². The van der Waals surface area contributed by atoms with Crippen LogP contribution in [0.1, 0.15) is 5.82 Å². The number of alkyl halides is 3. The molecule has 1 aromatic carbocycles. The average Bonchev–Trinajstić information content (AvgIpc) is 2.94. The van der Waals surface area contributed by atoms with Crippen LogP contribution in [0.3, 0.4) is 0 Å². The van der Waals surface area contributed by atoms with E-state index in [0.29, 0.717) is 6.07 Å². The molecule has 2 rings (SSSR count). The summed E-state index contributed by atoms with van der Waals surface area (Å²) in [5.74, 6) is -1.71. The Hall–Kier alpha value is -3.16. The number of anilines is 1. The first-order chi connectivity index (χ1) is 10.4. The summed E-state index contributed by atoms with van der Waals surface area (Å²) in [6.45, 7) is 0. The second-order valence-corrected chi connectivity index (χ2v) is 3.74. The Morgan fingerprint density at radius 2 is 2.18 bits per heavy atom. The molecule has 0 atom stereocenters. The van der Waals surface area contributed by atoms with E-state index in [-0.39, 0.29) is 17.1 Å². The highest BCUT2D eigenvalue weighted by Gasteiger charge is 2.31. The Bertz CT molecular complexity index is 719. The fraction of sp³-hybridized carbons (Fsp3) is 0.0909. The minimum absolute atomic E-state index is 0.0209. The second-order valence-electron chi connectivity index (χ2n) is 3.74. The minimum Gasteiger partial charge on any atom is -0.406 e. The molecular weight excluding hydrogens is 308 g/mol. The molecule has 114 valence electrons. The molecule has 2 aromatic rings. The van der Waals surface area contributed by atoms with Crippen LogP contribution >= 0.6 is 0 Å². The molecule has 0 radical (unpaired) electrons. The molecule has 0 spiro atoms. The minimum atomic E-state index is -4.91. The number of hydrogen-bond acceptors (Lipinski definition) is 6. The van der Waals surface area contributed by atoms with E-state index in [1.165, 1.54) is 0 Å². The summed E-state index contributed by atoms with van der Waals surface area (Å²) in [6, 6.07) is 4.26. The van der Waals surface area contributed by atoms with Gasteiger partial charge in [0.25, 0.3) is 0 Å². The number of nitrogens with zero attached hydrogens (tertiary/aromatic N) is 4. The van der Waals surface area contributed by atoms with Gasteiger partial charge in [0.05, 0.1) is 5.69 Å². The summed E-state index contributed by atoms with van der Waals surface area (Å²) < 4.78 is 53.2. The number of nitriles is 1. The summed E-state index contributed by atoms with van der Waals surface area (Å²) in [6.07, 6.45) is -3.82. The van der Waals surface area contributed by atoms with Gasteiger partial charge < -0.3 is 10.1 Å². The molecule has 0 bridgehead atoms. The number of ether oxygens (including phenoxy) is 1. The second kappa shape index (κ2) is 6.08. The molecule has 0 saturated carbocycles. The van der Waals surface area contributed by atoms with Crippen LogP contribution < -0.4 is 10.1 Å². The van der Waals surface area contributed by atoms with Crippen molar-refractivity contribution in [3.05, 3.63) is 36.0 Å². The van der Waals surface area contributed by atoms with E-state index in [9.17, 15) is 17.6 Å². The first kappa shape index (κ1) is 15.2. The van der Waals surface area contributed by atoms with Gasteiger partial charge in [-0.1, -0.05) is 0 Å². The van der Waals surface area contributed by atoms with Gasteiger partial charge in [-0.15, -0.1) is 23.4 Å². The van der Waals surface area contributed by atoms with Gasteiger partial charge in [-0.3, -0.25) is 0 Å². The third-order valence-corrected chi connectivity index (χ3v) is 2.25. The Morgan fingerprint density at radius 3 is 2.73 bits per heavy atom. The SMILES string of the molecule is N#CC(=CNc1ccc(OC(F)(F)F)cc1F)c1nn[nH]n1. The molecule has 0 aliphatic heterocycles. The molecule has 11 heteroatoms. The molecule has 0 aliphatic rings. The van der Waals surface area contributed by atoms with Crippen LogP contribution in [0.2, 0.25) is 0 Å². The van der Waals surface area contributed by atoms with Gasteiger partial charge in [-0.2, -0.15) is 10.5 Å². The third-order valence-electron chi connectivity index (χ3n) is 2.25. The number of aromatic nitrogens is 4. The van der Waals surface area contributed by atoms with Crippen LogP contribution in [-0.4, -0.2) is 27.0 Å². The maximum absolute atomic E-state index is 13.7. The summed E-state index contributed by atoms with van der Waals surface area (Å²) >= 11 is 0. The van der Waals surface area contributed by atoms with Gasteiger partial charge in [0.1, 0.15) is 23.2 Å². The molecule has 0 amide bonds. The van der Waals surface area contributed by atoms with Gasteiger partial charge in [0.2, 0.25) is 5.82 Å². The fourth-order valence-electron chi connectivity index (χ4n) is 1.38. The lowest BCUT2D eigenvalue weighted by Gasteiger charge is -2.10. The zero-order chi connectivity index (χ0) is 16.2. The van der Waals surface area contributed by atoms with Gasteiger partial charge in [0.15, 0.2) is 0 Å². The Balaban J connectivity index is 2.15. The van der Waals surface area contributed by atoms with Crippen molar-refractivity contribution in [2.75, 3.05) is 5.32 Å². The maximum Gasteiger partial charge on any atom is 0.573 e. The molecule has 0 aliphatic carbocycles.